The Morgan fingerprint density at radius 3 is 2.43 bits per heavy atom. The Labute approximate surface area is 137 Å². The van der Waals surface area contributed by atoms with E-state index in [1.165, 1.54) is 32.3 Å². The fourth-order valence-electron chi connectivity index (χ4n) is 2.10. The van der Waals surface area contributed by atoms with Gasteiger partial charge in [-0.3, -0.25) is 4.79 Å². The van der Waals surface area contributed by atoms with Crippen LogP contribution in [-0.4, -0.2) is 45.3 Å². The third-order valence-electron chi connectivity index (χ3n) is 3.28. The summed E-state index contributed by atoms with van der Waals surface area (Å²) in [5.41, 5.74) is -0.153. The minimum atomic E-state index is -3.99. The molecule has 0 heterocycles. The van der Waals surface area contributed by atoms with E-state index in [-0.39, 0.29) is 11.7 Å². The van der Waals surface area contributed by atoms with E-state index in [9.17, 15) is 17.6 Å². The molecule has 0 aliphatic heterocycles. The number of benzene rings is 1. The third-order valence-corrected chi connectivity index (χ3v) is 5.08. The molecule has 0 aliphatic rings. The smallest absolute Gasteiger partial charge is 0.304 e. The van der Waals surface area contributed by atoms with Crippen molar-refractivity contribution in [3.8, 4) is 0 Å². The summed E-state index contributed by atoms with van der Waals surface area (Å²) in [6.45, 7) is 3.36. The molecule has 8 heteroatoms. The Balaban J connectivity index is 3.08. The Morgan fingerprint density at radius 1 is 1.30 bits per heavy atom. The maximum absolute atomic E-state index is 14.0. The van der Waals surface area contributed by atoms with E-state index >= 15 is 0 Å². The molecule has 0 fully saturated rings. The molecule has 6 nitrogen and oxygen atoms in total. The molecule has 0 saturated carbocycles. The lowest BCUT2D eigenvalue weighted by atomic mass is 10.2. The first-order chi connectivity index (χ1) is 10.7. The van der Waals surface area contributed by atoms with E-state index in [1.807, 2.05) is 13.8 Å². The van der Waals surface area contributed by atoms with Gasteiger partial charge in [0.25, 0.3) is 0 Å². The summed E-state index contributed by atoms with van der Waals surface area (Å²) in [4.78, 5) is 12.1. The minimum Gasteiger partial charge on any atom is -0.352 e. The maximum Gasteiger partial charge on any atom is 0.304 e. The Morgan fingerprint density at radius 2 is 1.91 bits per heavy atom. The first kappa shape index (κ1) is 19.4. The third kappa shape index (κ3) is 5.18. The number of rotatable bonds is 8. The van der Waals surface area contributed by atoms with Crippen LogP contribution in [0.15, 0.2) is 24.3 Å². The molecule has 1 atom stereocenters. The fourth-order valence-corrected chi connectivity index (χ4v) is 3.17. The lowest BCUT2D eigenvalue weighted by Crippen LogP contribution is -2.47. The normalized spacial score (nSPS) is 13.0. The van der Waals surface area contributed by atoms with Crippen LogP contribution in [0.5, 0.6) is 0 Å². The summed E-state index contributed by atoms with van der Waals surface area (Å²) in [6.07, 6.45) is 1.68. The van der Waals surface area contributed by atoms with Crippen molar-refractivity contribution in [2.45, 2.75) is 32.7 Å². The average molecular weight is 345 g/mol. The first-order valence-electron chi connectivity index (χ1n) is 7.44. The number of para-hydroxylation sites is 1. The van der Waals surface area contributed by atoms with Crippen LogP contribution >= 0.6 is 0 Å². The Kier molecular flexibility index (Phi) is 6.96. The molecule has 1 aromatic carbocycles. The van der Waals surface area contributed by atoms with Gasteiger partial charge < -0.3 is 5.32 Å². The number of carbonyl (C=O) groups is 1. The van der Waals surface area contributed by atoms with Crippen molar-refractivity contribution in [3.63, 3.8) is 0 Å². The van der Waals surface area contributed by atoms with E-state index < -0.39 is 28.5 Å². The number of hydrogen-bond donors (Lipinski definition) is 1. The van der Waals surface area contributed by atoms with Gasteiger partial charge in [-0.15, -0.1) is 0 Å². The number of carbonyl (C=O) groups excluding carboxylic acids is 1. The van der Waals surface area contributed by atoms with Crippen LogP contribution in [0.4, 0.5) is 10.1 Å². The van der Waals surface area contributed by atoms with Crippen LogP contribution in [0.25, 0.3) is 0 Å². The highest BCUT2D eigenvalue weighted by Gasteiger charge is 2.29. The molecule has 0 aliphatic carbocycles. The molecule has 1 N–H and O–H groups in total. The second kappa shape index (κ2) is 8.26. The van der Waals surface area contributed by atoms with E-state index in [4.69, 9.17) is 0 Å². The van der Waals surface area contributed by atoms with Crippen molar-refractivity contribution in [2.24, 2.45) is 0 Å². The van der Waals surface area contributed by atoms with Crippen molar-refractivity contribution < 1.29 is 17.6 Å². The zero-order chi connectivity index (χ0) is 17.6. The molecule has 130 valence electrons. The van der Waals surface area contributed by atoms with Gasteiger partial charge in [-0.2, -0.15) is 12.7 Å². The minimum absolute atomic E-state index is 0.0722. The van der Waals surface area contributed by atoms with Gasteiger partial charge in [-0.1, -0.05) is 25.5 Å². The van der Waals surface area contributed by atoms with Crippen LogP contribution < -0.4 is 9.62 Å². The SMILES string of the molecule is CCC[C@H](C)NC(=O)CN(c1ccccc1F)S(=O)(=O)N(C)C. The predicted molar refractivity (Wildman–Crippen MR) is 88.9 cm³/mol. The predicted octanol–water partition coefficient (Wildman–Crippen LogP) is 1.74. The molecular weight excluding hydrogens is 321 g/mol. The van der Waals surface area contributed by atoms with Gasteiger partial charge in [-0.05, 0) is 25.5 Å². The number of halogens is 1. The quantitative estimate of drug-likeness (QED) is 0.780. The van der Waals surface area contributed by atoms with Gasteiger partial charge in [0.2, 0.25) is 5.91 Å². The van der Waals surface area contributed by atoms with Crippen LogP contribution in [0.3, 0.4) is 0 Å². The molecule has 0 unspecified atom stereocenters. The van der Waals surface area contributed by atoms with Gasteiger partial charge in [0, 0.05) is 20.1 Å². The lowest BCUT2D eigenvalue weighted by Gasteiger charge is -2.27. The first-order valence-corrected chi connectivity index (χ1v) is 8.84. The van der Waals surface area contributed by atoms with E-state index in [0.717, 1.165) is 27.5 Å². The highest BCUT2D eigenvalue weighted by atomic mass is 32.2. The molecule has 0 aromatic heterocycles. The monoisotopic (exact) mass is 345 g/mol. The van der Waals surface area contributed by atoms with Crippen LogP contribution in [0, 0.1) is 5.82 Å². The zero-order valence-electron chi connectivity index (χ0n) is 13.9. The van der Waals surface area contributed by atoms with Crippen molar-refractivity contribution >= 4 is 21.8 Å². The summed E-state index contributed by atoms with van der Waals surface area (Å²) in [5, 5.41) is 2.73. The molecule has 1 amide bonds. The highest BCUT2D eigenvalue weighted by molar-refractivity contribution is 7.90. The van der Waals surface area contributed by atoms with Gasteiger partial charge in [0.15, 0.2) is 0 Å². The lowest BCUT2D eigenvalue weighted by molar-refractivity contribution is -0.120. The second-order valence-electron chi connectivity index (χ2n) is 5.51. The number of nitrogens with one attached hydrogen (secondary N) is 1. The van der Waals surface area contributed by atoms with Crippen LogP contribution in [0.1, 0.15) is 26.7 Å². The molecule has 0 bridgehead atoms. The largest absolute Gasteiger partial charge is 0.352 e. The van der Waals surface area contributed by atoms with E-state index in [2.05, 4.69) is 5.32 Å². The van der Waals surface area contributed by atoms with Gasteiger partial charge >= 0.3 is 10.2 Å². The number of nitrogens with zero attached hydrogens (tertiary/aromatic N) is 2. The molecule has 1 aromatic rings. The highest BCUT2D eigenvalue weighted by Crippen LogP contribution is 2.22. The number of anilines is 1. The summed E-state index contributed by atoms with van der Waals surface area (Å²) in [7, 11) is -1.32. The van der Waals surface area contributed by atoms with E-state index in [1.54, 1.807) is 0 Å². The standard InChI is InChI=1S/C15H24FN3O3S/c1-5-8-12(2)17-15(20)11-19(23(21,22)18(3)4)14-10-7-6-9-13(14)16/h6-7,9-10,12H,5,8,11H2,1-4H3,(H,17,20)/t12-/m0/s1. The van der Waals surface area contributed by atoms with Gasteiger partial charge in [0.1, 0.15) is 12.4 Å². The number of hydrogen-bond acceptors (Lipinski definition) is 3. The molecule has 0 saturated heterocycles. The zero-order valence-corrected chi connectivity index (χ0v) is 14.7. The van der Waals surface area contributed by atoms with Crippen LogP contribution in [0.2, 0.25) is 0 Å². The average Bonchev–Trinajstić information content (AvgIpc) is 2.45. The van der Waals surface area contributed by atoms with Gasteiger partial charge in [-0.25, -0.2) is 8.70 Å². The summed E-state index contributed by atoms with van der Waals surface area (Å²) in [5.74, 6) is -1.17. The Bertz CT molecular complexity index is 635. The molecule has 0 spiro atoms. The van der Waals surface area contributed by atoms with Crippen molar-refractivity contribution in [1.82, 2.24) is 9.62 Å². The Hall–Kier alpha value is -1.67. The van der Waals surface area contributed by atoms with Gasteiger partial charge in [0.05, 0.1) is 5.69 Å². The summed E-state index contributed by atoms with van der Waals surface area (Å²) in [6, 6.07) is 5.40. The fraction of sp³-hybridized carbons (Fsp3) is 0.533. The molecule has 0 radical (unpaired) electrons. The van der Waals surface area contributed by atoms with Crippen molar-refractivity contribution in [1.29, 1.82) is 0 Å². The van der Waals surface area contributed by atoms with Crippen LogP contribution in [-0.2, 0) is 15.0 Å². The van der Waals surface area contributed by atoms with Crippen molar-refractivity contribution in [2.75, 3.05) is 24.9 Å². The molecular formula is C15H24FN3O3S. The summed E-state index contributed by atoms with van der Waals surface area (Å²) >= 11 is 0. The summed E-state index contributed by atoms with van der Waals surface area (Å²) < 4.78 is 40.6. The topological polar surface area (TPSA) is 69.7 Å². The molecule has 1 rings (SSSR count). The molecule has 23 heavy (non-hydrogen) atoms. The number of amides is 1. The maximum atomic E-state index is 14.0. The van der Waals surface area contributed by atoms with Crippen molar-refractivity contribution in [3.05, 3.63) is 30.1 Å². The van der Waals surface area contributed by atoms with E-state index in [0.29, 0.717) is 0 Å². The second-order valence-corrected chi connectivity index (χ2v) is 7.57.